The van der Waals surface area contributed by atoms with E-state index >= 15 is 0 Å². The van der Waals surface area contributed by atoms with Crippen molar-refractivity contribution in [1.29, 1.82) is 5.26 Å². The summed E-state index contributed by atoms with van der Waals surface area (Å²) in [4.78, 5) is 0. The smallest absolute Gasteiger partial charge is 0.418 e. The monoisotopic (exact) mass is 203 g/mol. The molecule has 0 bridgehead atoms. The molecule has 0 saturated carbocycles. The number of hydrogen-bond acceptors (Lipinski definition) is 2. The predicted octanol–water partition coefficient (Wildman–Crippen LogP) is 1.63. The first-order valence-electron chi connectivity index (χ1n) is 3.68. The third kappa shape index (κ3) is 2.26. The minimum atomic E-state index is -4.71. The number of nitriles is 1. The average Bonchev–Trinajstić information content (AvgIpc) is 2.15. The highest BCUT2D eigenvalue weighted by Gasteiger charge is 2.39. The van der Waals surface area contributed by atoms with E-state index in [2.05, 4.69) is 5.32 Å². The van der Waals surface area contributed by atoms with Crippen molar-refractivity contribution in [2.45, 2.75) is 18.3 Å². The molecule has 76 valence electrons. The van der Waals surface area contributed by atoms with Crippen LogP contribution in [0.1, 0.15) is 0 Å². The van der Waals surface area contributed by atoms with Gasteiger partial charge >= 0.3 is 6.18 Å². The fraction of sp³-hybridized carbons (Fsp3) is 0.375. The highest BCUT2D eigenvalue weighted by Crippen LogP contribution is 2.28. The molecule has 1 aliphatic rings. The SMILES string of the molecule is N#CC1C=C(C(O)C(F)(F)F)C=C[N-]1. The third-order valence-corrected chi connectivity index (χ3v) is 1.62. The number of halogens is 3. The lowest BCUT2D eigenvalue weighted by atomic mass is 10.0. The number of aliphatic hydroxyl groups is 1. The summed E-state index contributed by atoms with van der Waals surface area (Å²) in [5.74, 6) is 0. The van der Waals surface area contributed by atoms with E-state index in [4.69, 9.17) is 10.4 Å². The molecule has 6 heteroatoms. The van der Waals surface area contributed by atoms with Gasteiger partial charge < -0.3 is 10.4 Å². The predicted molar refractivity (Wildman–Crippen MR) is 42.0 cm³/mol. The van der Waals surface area contributed by atoms with Crippen molar-refractivity contribution in [3.63, 3.8) is 0 Å². The zero-order chi connectivity index (χ0) is 10.8. The summed E-state index contributed by atoms with van der Waals surface area (Å²) in [6.07, 6.45) is -4.17. The summed E-state index contributed by atoms with van der Waals surface area (Å²) in [5, 5.41) is 20.8. The van der Waals surface area contributed by atoms with Crippen molar-refractivity contribution < 1.29 is 18.3 Å². The van der Waals surface area contributed by atoms with Crippen molar-refractivity contribution in [3.8, 4) is 6.07 Å². The van der Waals surface area contributed by atoms with E-state index in [1.165, 1.54) is 0 Å². The molecule has 0 amide bonds. The van der Waals surface area contributed by atoms with Crippen molar-refractivity contribution in [1.82, 2.24) is 0 Å². The van der Waals surface area contributed by atoms with E-state index in [-0.39, 0.29) is 5.57 Å². The molecule has 3 nitrogen and oxygen atoms in total. The lowest BCUT2D eigenvalue weighted by Crippen LogP contribution is -2.30. The molecule has 14 heavy (non-hydrogen) atoms. The van der Waals surface area contributed by atoms with Crippen LogP contribution < -0.4 is 0 Å². The number of hydrogen-bond donors (Lipinski definition) is 1. The van der Waals surface area contributed by atoms with E-state index < -0.39 is 18.3 Å². The standard InChI is InChI=1S/C8H6F3N2O/c9-8(10,11)7(14)5-1-2-13-6(3-5)4-12/h1-3,6-7,14H/q-1. The highest BCUT2D eigenvalue weighted by atomic mass is 19.4. The van der Waals surface area contributed by atoms with Crippen molar-refractivity contribution in [3.05, 3.63) is 29.2 Å². The molecular formula is C8H6F3N2O-. The van der Waals surface area contributed by atoms with E-state index in [9.17, 15) is 13.2 Å². The van der Waals surface area contributed by atoms with Gasteiger partial charge in [0.25, 0.3) is 0 Å². The second-order valence-corrected chi connectivity index (χ2v) is 2.65. The quantitative estimate of drug-likeness (QED) is 0.704. The first kappa shape index (κ1) is 10.6. The Balaban J connectivity index is 2.84. The van der Waals surface area contributed by atoms with Crippen LogP contribution in [0.4, 0.5) is 13.2 Å². The third-order valence-electron chi connectivity index (χ3n) is 1.62. The molecule has 0 saturated heterocycles. The van der Waals surface area contributed by atoms with Crippen molar-refractivity contribution in [2.24, 2.45) is 0 Å². The van der Waals surface area contributed by atoms with Crippen LogP contribution in [0.2, 0.25) is 0 Å². The van der Waals surface area contributed by atoms with Gasteiger partial charge in [-0.3, -0.25) is 0 Å². The largest absolute Gasteiger partial charge is 0.673 e. The average molecular weight is 203 g/mol. The van der Waals surface area contributed by atoms with Gasteiger partial charge in [-0.15, -0.1) is 0 Å². The van der Waals surface area contributed by atoms with E-state index in [0.717, 1.165) is 18.4 Å². The zero-order valence-corrected chi connectivity index (χ0v) is 6.86. The topological polar surface area (TPSA) is 58.1 Å². The fourth-order valence-corrected chi connectivity index (χ4v) is 0.945. The molecule has 1 rings (SSSR count). The maximum atomic E-state index is 12.0. The first-order valence-corrected chi connectivity index (χ1v) is 3.68. The van der Waals surface area contributed by atoms with E-state index in [0.29, 0.717) is 0 Å². The minimum Gasteiger partial charge on any atom is -0.673 e. The maximum Gasteiger partial charge on any atom is 0.418 e. The lowest BCUT2D eigenvalue weighted by molar-refractivity contribution is -0.190. The summed E-state index contributed by atoms with van der Waals surface area (Å²) < 4.78 is 36.1. The zero-order valence-electron chi connectivity index (χ0n) is 6.86. The van der Waals surface area contributed by atoms with Crippen molar-refractivity contribution in [2.75, 3.05) is 0 Å². The Morgan fingerprint density at radius 3 is 2.71 bits per heavy atom. The van der Waals surface area contributed by atoms with Crippen LogP contribution in [-0.4, -0.2) is 23.4 Å². The molecule has 0 radical (unpaired) electrons. The second kappa shape index (κ2) is 3.72. The van der Waals surface area contributed by atoms with Crippen LogP contribution in [0.25, 0.3) is 5.32 Å². The van der Waals surface area contributed by atoms with Gasteiger partial charge in [-0.05, 0) is 11.6 Å². The maximum absolute atomic E-state index is 12.0. The summed E-state index contributed by atoms with van der Waals surface area (Å²) in [5.41, 5.74) is -0.348. The molecule has 1 heterocycles. The molecular weight excluding hydrogens is 197 g/mol. The van der Waals surface area contributed by atoms with Crippen LogP contribution in [0, 0.1) is 11.3 Å². The Bertz CT molecular complexity index is 314. The summed E-state index contributed by atoms with van der Waals surface area (Å²) in [6, 6.07) is 0.716. The van der Waals surface area contributed by atoms with E-state index in [1.807, 2.05) is 0 Å². The van der Waals surface area contributed by atoms with Crippen molar-refractivity contribution >= 4 is 0 Å². The van der Waals surface area contributed by atoms with Crippen LogP contribution in [-0.2, 0) is 0 Å². The summed E-state index contributed by atoms with van der Waals surface area (Å²) in [6.45, 7) is 0. The van der Waals surface area contributed by atoms with Crippen LogP contribution in [0.15, 0.2) is 23.9 Å². The Morgan fingerprint density at radius 1 is 1.57 bits per heavy atom. The molecule has 1 N–H and O–H groups in total. The second-order valence-electron chi connectivity index (χ2n) is 2.65. The van der Waals surface area contributed by atoms with Gasteiger partial charge in [0.15, 0.2) is 6.10 Å². The van der Waals surface area contributed by atoms with Gasteiger partial charge in [0, 0.05) is 0 Å². The number of aliphatic hydroxyl groups excluding tert-OH is 1. The van der Waals surface area contributed by atoms with Gasteiger partial charge in [-0.2, -0.15) is 24.6 Å². The molecule has 0 aromatic heterocycles. The molecule has 0 aromatic carbocycles. The van der Waals surface area contributed by atoms with Crippen LogP contribution in [0.5, 0.6) is 0 Å². The Morgan fingerprint density at radius 2 is 2.21 bits per heavy atom. The molecule has 2 unspecified atom stereocenters. The van der Waals surface area contributed by atoms with Gasteiger partial charge in [-0.1, -0.05) is 12.2 Å². The molecule has 1 aliphatic heterocycles. The molecule has 0 spiro atoms. The van der Waals surface area contributed by atoms with Gasteiger partial charge in [0.1, 0.15) is 0 Å². The normalized spacial score (nSPS) is 23.4. The Labute approximate surface area is 78.1 Å². The first-order chi connectivity index (χ1) is 6.45. The minimum absolute atomic E-state index is 0.348. The van der Waals surface area contributed by atoms with Gasteiger partial charge in [0.2, 0.25) is 0 Å². The highest BCUT2D eigenvalue weighted by molar-refractivity contribution is 5.39. The van der Waals surface area contributed by atoms with Gasteiger partial charge in [0.05, 0.1) is 6.07 Å². The number of nitrogens with zero attached hydrogens (tertiary/aromatic N) is 2. The van der Waals surface area contributed by atoms with Gasteiger partial charge in [-0.25, -0.2) is 0 Å². The summed E-state index contributed by atoms with van der Waals surface area (Å²) in [7, 11) is 0. The Kier molecular flexibility index (Phi) is 2.81. The number of alkyl halides is 3. The summed E-state index contributed by atoms with van der Waals surface area (Å²) >= 11 is 0. The fourth-order valence-electron chi connectivity index (χ4n) is 0.945. The van der Waals surface area contributed by atoms with Crippen LogP contribution >= 0.6 is 0 Å². The molecule has 2 atom stereocenters. The molecule has 0 aromatic rings. The van der Waals surface area contributed by atoms with E-state index in [1.54, 1.807) is 6.07 Å². The van der Waals surface area contributed by atoms with Crippen LogP contribution in [0.3, 0.4) is 0 Å². The molecule has 0 fully saturated rings. The Hall–Kier alpha value is -1.48. The number of rotatable bonds is 1. The lowest BCUT2D eigenvalue weighted by Gasteiger charge is -2.27. The molecule has 0 aliphatic carbocycles.